The number of rotatable bonds is 0. The van der Waals surface area contributed by atoms with E-state index in [2.05, 4.69) is 16.3 Å². The maximum absolute atomic E-state index is 8.48. The molecule has 0 rings (SSSR count). The van der Waals surface area contributed by atoms with Crippen molar-refractivity contribution in [1.82, 2.24) is 0 Å². The van der Waals surface area contributed by atoms with Gasteiger partial charge in [-0.3, -0.25) is 0 Å². The molecule has 0 saturated carbocycles. The molecule has 0 N–H and O–H groups in total. The van der Waals surface area contributed by atoms with Crippen molar-refractivity contribution in [2.24, 2.45) is 0 Å². The normalized spacial score (nSPS) is 5.50. The molecule has 0 aliphatic rings. The van der Waals surface area contributed by atoms with Gasteiger partial charge in [0.15, 0.2) is 0 Å². The Kier molecular flexibility index (Phi) is 14.8. The standard InChI is InChI=1S/CH3.Al.HO3P/c;;1-4(2)3/h1H3;;(H,1,2,3)/q;+2;/p-1. The Balaban J connectivity index is 0. The summed E-state index contributed by atoms with van der Waals surface area (Å²) in [6, 6.07) is 0. The van der Waals surface area contributed by atoms with Crippen molar-refractivity contribution in [3.8, 4) is 0 Å². The van der Waals surface area contributed by atoms with E-state index in [1.165, 1.54) is 0 Å². The molecule has 0 aromatic heterocycles. The van der Waals surface area contributed by atoms with Crippen molar-refractivity contribution >= 4 is 24.5 Å². The van der Waals surface area contributed by atoms with Crippen LogP contribution in [0.1, 0.15) is 0 Å². The van der Waals surface area contributed by atoms with Crippen LogP contribution in [0, 0.1) is 0 Å². The van der Waals surface area contributed by atoms with E-state index in [4.69, 9.17) is 14.4 Å². The van der Waals surface area contributed by atoms with Crippen molar-refractivity contribution in [3.63, 3.8) is 0 Å². The fourth-order valence-corrected chi connectivity index (χ4v) is 0. The summed E-state index contributed by atoms with van der Waals surface area (Å²) in [6.07, 6.45) is 0. The molecule has 6 heavy (non-hydrogen) atoms. The molecule has 0 saturated heterocycles. The monoisotopic (exact) mass is 121 g/mol. The molecule has 0 aromatic carbocycles. The molecule has 0 atom stereocenters. The maximum atomic E-state index is 8.48. The van der Waals surface area contributed by atoms with Gasteiger partial charge < -0.3 is 9.79 Å². The van der Waals surface area contributed by atoms with Gasteiger partial charge in [0.1, 0.15) is 0 Å². The van der Waals surface area contributed by atoms with Crippen LogP contribution in [0.2, 0.25) is 5.79 Å². The Morgan fingerprint density at radius 2 is 1.50 bits per heavy atom. The van der Waals surface area contributed by atoms with Crippen LogP contribution in [-0.4, -0.2) is 16.3 Å². The van der Waals surface area contributed by atoms with E-state index in [1.54, 1.807) is 0 Å². The summed E-state index contributed by atoms with van der Waals surface area (Å²) in [4.78, 5) is 17.0. The van der Waals surface area contributed by atoms with Gasteiger partial charge in [-0.15, -0.1) is 0 Å². The van der Waals surface area contributed by atoms with Crippen LogP contribution >= 0.6 is 8.25 Å². The third-order valence-corrected chi connectivity index (χ3v) is 0. The summed E-state index contributed by atoms with van der Waals surface area (Å²) in [6.45, 7) is 0. The molecule has 0 radical (unpaired) electrons. The average Bonchev–Trinajstić information content (AvgIpc) is 1.41. The Morgan fingerprint density at radius 3 is 1.50 bits per heavy atom. The second-order valence-corrected chi connectivity index (χ2v) is 0.671. The van der Waals surface area contributed by atoms with E-state index >= 15 is 0 Å². The molecule has 0 aliphatic heterocycles. The first-order valence-electron chi connectivity index (χ1n) is 1.13. The average molecular weight is 121 g/mol. The Hall–Kier alpha value is 0.552. The van der Waals surface area contributed by atoms with Gasteiger partial charge in [0.05, 0.1) is 0 Å². The van der Waals surface area contributed by atoms with Crippen molar-refractivity contribution in [1.29, 1.82) is 0 Å². The molecular formula is CH3AlO3P+. The van der Waals surface area contributed by atoms with Crippen LogP contribution in [0.25, 0.3) is 0 Å². The first-order valence-corrected chi connectivity index (χ1v) is 3.38. The molecule has 0 aliphatic carbocycles. The van der Waals surface area contributed by atoms with Gasteiger partial charge >= 0.3 is 22.1 Å². The van der Waals surface area contributed by atoms with Gasteiger partial charge in [0.2, 0.25) is 0 Å². The molecule has 0 fully saturated rings. The van der Waals surface area contributed by atoms with Crippen LogP contribution in [0.3, 0.4) is 0 Å². The first-order chi connectivity index (χ1) is 2.73. The summed E-state index contributed by atoms with van der Waals surface area (Å²) in [5.74, 6) is 1.92. The van der Waals surface area contributed by atoms with Gasteiger partial charge in [-0.25, -0.2) is 0 Å². The predicted octanol–water partition coefficient (Wildman–Crippen LogP) is -1.43. The van der Waals surface area contributed by atoms with Crippen LogP contribution in [0.5, 0.6) is 0 Å². The number of hydrogen-bond donors (Lipinski definition) is 0. The van der Waals surface area contributed by atoms with Crippen molar-refractivity contribution < 1.29 is 14.4 Å². The zero-order valence-electron chi connectivity index (χ0n) is 3.25. The topological polar surface area (TPSA) is 63.2 Å². The third kappa shape index (κ3) is 188. The summed E-state index contributed by atoms with van der Waals surface area (Å²) < 4.78 is 8.48. The minimum atomic E-state index is -3.37. The molecule has 32 valence electrons. The fraction of sp³-hybridized carbons (Fsp3) is 1.00. The molecule has 0 aromatic rings. The molecule has 0 amide bonds. The molecule has 3 nitrogen and oxygen atoms in total. The Labute approximate surface area is 45.4 Å². The van der Waals surface area contributed by atoms with E-state index in [0.29, 0.717) is 0 Å². The van der Waals surface area contributed by atoms with Crippen molar-refractivity contribution in [2.45, 2.75) is 5.79 Å². The van der Waals surface area contributed by atoms with E-state index in [1.807, 2.05) is 5.79 Å². The van der Waals surface area contributed by atoms with Crippen LogP contribution in [-0.2, 0) is 4.57 Å². The Morgan fingerprint density at radius 1 is 1.50 bits per heavy atom. The zero-order chi connectivity index (χ0) is 5.58. The Bertz CT molecular complexity index is 33.8. The van der Waals surface area contributed by atoms with Gasteiger partial charge in [-0.05, 0) is 0 Å². The van der Waals surface area contributed by atoms with Gasteiger partial charge in [-0.1, -0.05) is 4.57 Å². The van der Waals surface area contributed by atoms with Gasteiger partial charge in [0.25, 0.3) is 8.25 Å². The quantitative estimate of drug-likeness (QED) is 0.291. The van der Waals surface area contributed by atoms with Crippen LogP contribution < -0.4 is 9.79 Å². The predicted molar refractivity (Wildman–Crippen MR) is 19.2 cm³/mol. The molecule has 5 heteroatoms. The summed E-state index contributed by atoms with van der Waals surface area (Å²) in [7, 11) is -3.37. The summed E-state index contributed by atoms with van der Waals surface area (Å²) in [5.41, 5.74) is 0. The summed E-state index contributed by atoms with van der Waals surface area (Å²) in [5, 5.41) is 0. The van der Waals surface area contributed by atoms with Crippen LogP contribution in [0.15, 0.2) is 0 Å². The molecule has 0 unspecified atom stereocenters. The SMILES string of the molecule is O=[P+]([O-])[O-].[CH3][Al+2]. The van der Waals surface area contributed by atoms with Crippen molar-refractivity contribution in [3.05, 3.63) is 0 Å². The van der Waals surface area contributed by atoms with E-state index in [9.17, 15) is 0 Å². The third-order valence-electron chi connectivity index (χ3n) is 0. The van der Waals surface area contributed by atoms with Gasteiger partial charge in [-0.2, -0.15) is 0 Å². The van der Waals surface area contributed by atoms with E-state index < -0.39 is 8.25 Å². The second-order valence-electron chi connectivity index (χ2n) is 0.224. The van der Waals surface area contributed by atoms with Crippen molar-refractivity contribution in [2.75, 3.05) is 0 Å². The molecular weight excluding hydrogens is 118 g/mol. The summed E-state index contributed by atoms with van der Waals surface area (Å²) >= 11 is 2.42. The van der Waals surface area contributed by atoms with Gasteiger partial charge in [0, 0.05) is 0 Å². The molecule has 0 spiro atoms. The number of hydrogen-bond acceptors (Lipinski definition) is 3. The zero-order valence-corrected chi connectivity index (χ0v) is 5.30. The van der Waals surface area contributed by atoms with E-state index in [-0.39, 0.29) is 0 Å². The second kappa shape index (κ2) is 9.12. The molecule has 0 bridgehead atoms. The minimum absolute atomic E-state index is 1.92. The van der Waals surface area contributed by atoms with Crippen LogP contribution in [0.4, 0.5) is 0 Å². The van der Waals surface area contributed by atoms with E-state index in [0.717, 1.165) is 0 Å². The molecule has 0 heterocycles. The fourth-order valence-electron chi connectivity index (χ4n) is 0. The first kappa shape index (κ1) is 9.75.